The van der Waals surface area contributed by atoms with E-state index in [0.717, 1.165) is 26.1 Å². The summed E-state index contributed by atoms with van der Waals surface area (Å²) in [6.45, 7) is 9.65. The molecule has 4 heteroatoms. The van der Waals surface area contributed by atoms with Crippen LogP contribution in [0.15, 0.2) is 0 Å². The molecule has 0 aliphatic carbocycles. The lowest BCUT2D eigenvalue weighted by molar-refractivity contribution is -0.0125. The van der Waals surface area contributed by atoms with E-state index in [9.17, 15) is 8.78 Å². The van der Waals surface area contributed by atoms with Gasteiger partial charge in [-0.15, -0.1) is 0 Å². The van der Waals surface area contributed by atoms with Crippen molar-refractivity contribution in [3.05, 3.63) is 0 Å². The van der Waals surface area contributed by atoms with Crippen LogP contribution in [0, 0.1) is 5.92 Å². The van der Waals surface area contributed by atoms with Crippen molar-refractivity contribution in [1.82, 2.24) is 10.2 Å². The van der Waals surface area contributed by atoms with Crippen molar-refractivity contribution in [1.29, 1.82) is 0 Å². The molecule has 1 aliphatic rings. The molecule has 102 valence electrons. The van der Waals surface area contributed by atoms with Crippen molar-refractivity contribution in [2.45, 2.75) is 52.0 Å². The van der Waals surface area contributed by atoms with E-state index >= 15 is 0 Å². The molecule has 0 bridgehead atoms. The monoisotopic (exact) mass is 248 g/mol. The Hall–Kier alpha value is -0.220. The van der Waals surface area contributed by atoms with Crippen LogP contribution < -0.4 is 5.32 Å². The first-order valence-corrected chi connectivity index (χ1v) is 6.75. The Labute approximate surface area is 104 Å². The topological polar surface area (TPSA) is 15.3 Å². The van der Waals surface area contributed by atoms with Gasteiger partial charge in [-0.25, -0.2) is 8.78 Å². The summed E-state index contributed by atoms with van der Waals surface area (Å²) >= 11 is 0. The Kier molecular flexibility index (Phi) is 5.80. The first-order chi connectivity index (χ1) is 8.00. The summed E-state index contributed by atoms with van der Waals surface area (Å²) in [4.78, 5) is 2.30. The average Bonchev–Trinajstić information content (AvgIpc) is 2.27. The predicted octanol–water partition coefficient (Wildman–Crippen LogP) is 2.74. The van der Waals surface area contributed by atoms with Crippen LogP contribution in [-0.4, -0.2) is 43.0 Å². The number of hydrogen-bond donors (Lipinski definition) is 1. The molecular weight excluding hydrogens is 222 g/mol. The van der Waals surface area contributed by atoms with Crippen molar-refractivity contribution in [2.75, 3.05) is 26.2 Å². The number of likely N-dealkylation sites (tertiary alicyclic amines) is 1. The molecule has 1 N–H and O–H groups in total. The van der Waals surface area contributed by atoms with Crippen LogP contribution in [0.1, 0.15) is 40.0 Å². The van der Waals surface area contributed by atoms with Crippen molar-refractivity contribution in [2.24, 2.45) is 5.92 Å². The largest absolute Gasteiger partial charge is 0.306 e. The van der Waals surface area contributed by atoms with E-state index in [1.165, 1.54) is 0 Å². The van der Waals surface area contributed by atoms with Gasteiger partial charge in [0, 0.05) is 19.6 Å². The molecule has 1 aliphatic heterocycles. The molecule has 0 aromatic carbocycles. The lowest BCUT2D eigenvalue weighted by Crippen LogP contribution is -2.58. The van der Waals surface area contributed by atoms with Gasteiger partial charge in [0.1, 0.15) is 0 Å². The molecule has 0 saturated carbocycles. The highest BCUT2D eigenvalue weighted by atomic mass is 19.3. The fourth-order valence-electron chi connectivity index (χ4n) is 2.50. The second-order valence-corrected chi connectivity index (χ2v) is 5.58. The second-order valence-electron chi connectivity index (χ2n) is 5.58. The van der Waals surface area contributed by atoms with E-state index in [1.54, 1.807) is 0 Å². The normalized spacial score (nSPS) is 21.4. The third kappa shape index (κ3) is 4.18. The minimum atomic E-state index is -2.25. The van der Waals surface area contributed by atoms with E-state index in [-0.39, 0.29) is 0 Å². The summed E-state index contributed by atoms with van der Waals surface area (Å²) in [6.07, 6.45) is -0.214. The zero-order valence-corrected chi connectivity index (χ0v) is 11.3. The van der Waals surface area contributed by atoms with Gasteiger partial charge in [-0.2, -0.15) is 0 Å². The second kappa shape index (κ2) is 6.64. The third-order valence-electron chi connectivity index (χ3n) is 3.52. The Bertz CT molecular complexity index is 211. The smallest absolute Gasteiger partial charge is 0.256 e. The molecule has 0 amide bonds. The van der Waals surface area contributed by atoms with Gasteiger partial charge < -0.3 is 10.2 Å². The number of halogens is 2. The molecule has 0 spiro atoms. The Morgan fingerprint density at radius 1 is 1.24 bits per heavy atom. The molecule has 1 fully saturated rings. The first-order valence-electron chi connectivity index (χ1n) is 6.75. The van der Waals surface area contributed by atoms with Gasteiger partial charge in [0.05, 0.1) is 5.54 Å². The van der Waals surface area contributed by atoms with Crippen LogP contribution in [0.5, 0.6) is 0 Å². The average molecular weight is 248 g/mol. The van der Waals surface area contributed by atoms with Crippen LogP contribution in [0.4, 0.5) is 8.78 Å². The molecular formula is C13H26F2N2. The first kappa shape index (κ1) is 14.8. The van der Waals surface area contributed by atoms with Crippen molar-refractivity contribution in [3.63, 3.8) is 0 Å². The van der Waals surface area contributed by atoms with E-state index in [2.05, 4.69) is 24.1 Å². The SMILES string of the molecule is CCCNC1(C(F)F)CCN(CC(C)C)CC1. The molecule has 1 heterocycles. The number of piperidine rings is 1. The molecule has 0 aromatic rings. The summed E-state index contributed by atoms with van der Waals surface area (Å²) in [7, 11) is 0. The van der Waals surface area contributed by atoms with Crippen LogP contribution in [0.2, 0.25) is 0 Å². The molecule has 17 heavy (non-hydrogen) atoms. The molecule has 0 atom stereocenters. The zero-order valence-electron chi connectivity index (χ0n) is 11.3. The highest BCUT2D eigenvalue weighted by molar-refractivity contribution is 4.95. The standard InChI is InChI=1S/C13H26F2N2/c1-4-7-16-13(12(14)15)5-8-17(9-6-13)10-11(2)3/h11-12,16H,4-10H2,1-3H3. The minimum absolute atomic E-state index is 0.567. The van der Waals surface area contributed by atoms with E-state index < -0.39 is 12.0 Å². The van der Waals surface area contributed by atoms with E-state index in [0.29, 0.717) is 25.3 Å². The quantitative estimate of drug-likeness (QED) is 0.777. The predicted molar refractivity (Wildman–Crippen MR) is 67.5 cm³/mol. The Morgan fingerprint density at radius 2 is 1.82 bits per heavy atom. The number of nitrogens with one attached hydrogen (secondary N) is 1. The van der Waals surface area contributed by atoms with Crippen LogP contribution in [0.3, 0.4) is 0 Å². The van der Waals surface area contributed by atoms with Gasteiger partial charge in [0.15, 0.2) is 0 Å². The van der Waals surface area contributed by atoms with Crippen molar-refractivity contribution < 1.29 is 8.78 Å². The summed E-state index contributed by atoms with van der Waals surface area (Å²) in [5, 5.41) is 3.08. The maximum absolute atomic E-state index is 13.2. The summed E-state index contributed by atoms with van der Waals surface area (Å²) in [5.41, 5.74) is -0.927. The number of hydrogen-bond acceptors (Lipinski definition) is 2. The van der Waals surface area contributed by atoms with Gasteiger partial charge in [-0.1, -0.05) is 20.8 Å². The van der Waals surface area contributed by atoms with Crippen molar-refractivity contribution >= 4 is 0 Å². The van der Waals surface area contributed by atoms with Crippen LogP contribution in [-0.2, 0) is 0 Å². The fraction of sp³-hybridized carbons (Fsp3) is 1.00. The van der Waals surface area contributed by atoms with E-state index in [4.69, 9.17) is 0 Å². The lowest BCUT2D eigenvalue weighted by atomic mass is 9.87. The Balaban J connectivity index is 2.49. The maximum Gasteiger partial charge on any atom is 0.256 e. The highest BCUT2D eigenvalue weighted by Gasteiger charge is 2.41. The number of alkyl halides is 2. The fourth-order valence-corrected chi connectivity index (χ4v) is 2.50. The van der Waals surface area contributed by atoms with E-state index in [1.807, 2.05) is 6.92 Å². The summed E-state index contributed by atoms with van der Waals surface area (Å²) in [5.74, 6) is 0.609. The lowest BCUT2D eigenvalue weighted by Gasteiger charge is -2.42. The zero-order chi connectivity index (χ0) is 12.9. The third-order valence-corrected chi connectivity index (χ3v) is 3.52. The molecule has 0 unspecified atom stereocenters. The molecule has 0 radical (unpaired) electrons. The Morgan fingerprint density at radius 3 is 2.24 bits per heavy atom. The molecule has 1 rings (SSSR count). The van der Waals surface area contributed by atoms with Gasteiger partial charge in [-0.05, 0) is 31.7 Å². The highest BCUT2D eigenvalue weighted by Crippen LogP contribution is 2.29. The number of rotatable bonds is 6. The van der Waals surface area contributed by atoms with Gasteiger partial charge in [0.25, 0.3) is 6.43 Å². The number of nitrogens with zero attached hydrogens (tertiary/aromatic N) is 1. The van der Waals surface area contributed by atoms with Gasteiger partial charge in [0.2, 0.25) is 0 Å². The molecule has 1 saturated heterocycles. The summed E-state index contributed by atoms with van der Waals surface area (Å²) in [6, 6.07) is 0. The molecule has 2 nitrogen and oxygen atoms in total. The van der Waals surface area contributed by atoms with Gasteiger partial charge >= 0.3 is 0 Å². The van der Waals surface area contributed by atoms with Crippen LogP contribution in [0.25, 0.3) is 0 Å². The maximum atomic E-state index is 13.2. The van der Waals surface area contributed by atoms with Crippen molar-refractivity contribution in [3.8, 4) is 0 Å². The minimum Gasteiger partial charge on any atom is -0.306 e. The summed E-state index contributed by atoms with van der Waals surface area (Å²) < 4.78 is 26.4. The molecule has 0 aromatic heterocycles. The van der Waals surface area contributed by atoms with Gasteiger partial charge in [-0.3, -0.25) is 0 Å². The van der Waals surface area contributed by atoms with Crippen LogP contribution >= 0.6 is 0 Å².